The molecule has 5 rings (SSSR count). The lowest BCUT2D eigenvalue weighted by Gasteiger charge is -2.36. The van der Waals surface area contributed by atoms with Crippen LogP contribution in [0.4, 0.5) is 10.2 Å². The fourth-order valence-electron chi connectivity index (χ4n) is 4.60. The van der Waals surface area contributed by atoms with E-state index in [2.05, 4.69) is 42.6 Å². The molecular formula is C21H24FN7O. The Bertz CT molecular complexity index is 1010. The predicted octanol–water partition coefficient (Wildman–Crippen LogP) is 2.80. The van der Waals surface area contributed by atoms with Crippen molar-refractivity contribution in [1.82, 2.24) is 30.7 Å². The van der Waals surface area contributed by atoms with Crippen molar-refractivity contribution in [1.29, 1.82) is 0 Å². The van der Waals surface area contributed by atoms with Crippen molar-refractivity contribution in [3.05, 3.63) is 36.4 Å². The molecule has 5 heterocycles. The molecule has 2 aliphatic rings. The third-order valence-corrected chi connectivity index (χ3v) is 6.19. The summed E-state index contributed by atoms with van der Waals surface area (Å²) in [6.07, 6.45) is 7.88. The second-order valence-electron chi connectivity index (χ2n) is 8.01. The molecule has 156 valence electrons. The standard InChI is InChI=1S/C21H24FN7O/c1-29(15-7-13-3-4-14(8-15)25-13)19-6-5-17(27-28-19)18-9-16(22)20(21(26-18)30-2)12-10-23-24-11-12/h5-6,9-11,13-15,25H,3-4,7-8H2,1-2H3,(H,23,24)/t13-,14+,15?. The van der Waals surface area contributed by atoms with E-state index in [1.54, 1.807) is 6.20 Å². The molecule has 2 saturated heterocycles. The van der Waals surface area contributed by atoms with E-state index in [1.807, 2.05) is 12.1 Å². The molecule has 8 nitrogen and oxygen atoms in total. The summed E-state index contributed by atoms with van der Waals surface area (Å²) in [4.78, 5) is 6.65. The summed E-state index contributed by atoms with van der Waals surface area (Å²) < 4.78 is 20.2. The van der Waals surface area contributed by atoms with Gasteiger partial charge in [-0.2, -0.15) is 5.10 Å². The molecular weight excluding hydrogens is 385 g/mol. The summed E-state index contributed by atoms with van der Waals surface area (Å²) in [5.41, 5.74) is 1.70. The van der Waals surface area contributed by atoms with E-state index in [4.69, 9.17) is 4.74 Å². The highest BCUT2D eigenvalue weighted by molar-refractivity contribution is 5.71. The summed E-state index contributed by atoms with van der Waals surface area (Å²) in [5.74, 6) is 0.540. The molecule has 2 aliphatic heterocycles. The molecule has 0 saturated carbocycles. The number of aromatic amines is 1. The highest BCUT2D eigenvalue weighted by Gasteiger charge is 2.35. The number of anilines is 1. The first-order valence-corrected chi connectivity index (χ1v) is 10.2. The van der Waals surface area contributed by atoms with Gasteiger partial charge in [-0.25, -0.2) is 9.37 Å². The van der Waals surface area contributed by atoms with Crippen LogP contribution in [0.25, 0.3) is 22.5 Å². The average Bonchev–Trinajstić information content (AvgIpc) is 3.42. The van der Waals surface area contributed by atoms with Crippen LogP contribution >= 0.6 is 0 Å². The molecule has 2 fully saturated rings. The van der Waals surface area contributed by atoms with Gasteiger partial charge in [-0.1, -0.05) is 0 Å². The molecule has 3 atom stereocenters. The van der Waals surface area contributed by atoms with Crippen molar-refractivity contribution in [3.63, 3.8) is 0 Å². The van der Waals surface area contributed by atoms with Gasteiger partial charge in [-0.05, 0) is 37.8 Å². The largest absolute Gasteiger partial charge is 0.480 e. The van der Waals surface area contributed by atoms with Crippen LogP contribution in [0.3, 0.4) is 0 Å². The van der Waals surface area contributed by atoms with Crippen molar-refractivity contribution < 1.29 is 9.13 Å². The van der Waals surface area contributed by atoms with Gasteiger partial charge in [-0.15, -0.1) is 10.2 Å². The first-order chi connectivity index (χ1) is 14.6. The number of hydrogen-bond acceptors (Lipinski definition) is 7. The number of piperidine rings is 1. The number of fused-ring (bicyclic) bond motifs is 2. The number of nitrogens with zero attached hydrogens (tertiary/aromatic N) is 5. The molecule has 0 radical (unpaired) electrons. The van der Waals surface area contributed by atoms with Crippen molar-refractivity contribution in [2.45, 2.75) is 43.8 Å². The van der Waals surface area contributed by atoms with Crippen molar-refractivity contribution in [2.75, 3.05) is 19.1 Å². The van der Waals surface area contributed by atoms with Gasteiger partial charge in [0.25, 0.3) is 0 Å². The van der Waals surface area contributed by atoms with Gasteiger partial charge >= 0.3 is 0 Å². The normalized spacial score (nSPS) is 22.8. The van der Waals surface area contributed by atoms with Crippen LogP contribution < -0.4 is 15.0 Å². The van der Waals surface area contributed by atoms with Crippen LogP contribution in [0.1, 0.15) is 25.7 Å². The Morgan fingerprint density at radius 3 is 2.57 bits per heavy atom. The van der Waals surface area contributed by atoms with Gasteiger partial charge in [0.2, 0.25) is 5.88 Å². The molecule has 30 heavy (non-hydrogen) atoms. The molecule has 3 aromatic rings. The molecule has 3 aromatic heterocycles. The number of H-pyrrole nitrogens is 1. The van der Waals surface area contributed by atoms with Gasteiger partial charge < -0.3 is 15.0 Å². The zero-order valence-electron chi connectivity index (χ0n) is 17.0. The van der Waals surface area contributed by atoms with E-state index in [1.165, 1.54) is 32.2 Å². The fraction of sp³-hybridized carbons (Fsp3) is 0.429. The van der Waals surface area contributed by atoms with Gasteiger partial charge in [0.15, 0.2) is 5.82 Å². The van der Waals surface area contributed by atoms with E-state index >= 15 is 0 Å². The van der Waals surface area contributed by atoms with Crippen molar-refractivity contribution in [3.8, 4) is 28.4 Å². The highest BCUT2D eigenvalue weighted by Crippen LogP contribution is 2.34. The minimum absolute atomic E-state index is 0.180. The lowest BCUT2D eigenvalue weighted by atomic mass is 9.98. The fourth-order valence-corrected chi connectivity index (χ4v) is 4.60. The van der Waals surface area contributed by atoms with Gasteiger partial charge in [0, 0.05) is 43.0 Å². The molecule has 0 spiro atoms. The third-order valence-electron chi connectivity index (χ3n) is 6.19. The van der Waals surface area contributed by atoms with Crippen molar-refractivity contribution in [2.24, 2.45) is 0 Å². The lowest BCUT2D eigenvalue weighted by molar-refractivity contribution is 0.353. The van der Waals surface area contributed by atoms with Crippen LogP contribution in [0, 0.1) is 5.82 Å². The summed E-state index contributed by atoms with van der Waals surface area (Å²) in [6, 6.07) is 6.76. The number of pyridine rings is 1. The van der Waals surface area contributed by atoms with Crippen LogP contribution in [-0.2, 0) is 0 Å². The van der Waals surface area contributed by atoms with E-state index < -0.39 is 5.82 Å². The number of nitrogens with one attached hydrogen (secondary N) is 2. The van der Waals surface area contributed by atoms with E-state index in [9.17, 15) is 4.39 Å². The number of ether oxygens (including phenoxy) is 1. The maximum absolute atomic E-state index is 14.9. The van der Waals surface area contributed by atoms with E-state index in [-0.39, 0.29) is 11.4 Å². The number of hydrogen-bond donors (Lipinski definition) is 2. The minimum atomic E-state index is -0.452. The maximum Gasteiger partial charge on any atom is 0.224 e. The third kappa shape index (κ3) is 3.39. The van der Waals surface area contributed by atoms with Gasteiger partial charge in [-0.3, -0.25) is 5.10 Å². The number of aromatic nitrogens is 5. The monoisotopic (exact) mass is 409 g/mol. The molecule has 9 heteroatoms. The lowest BCUT2D eigenvalue weighted by Crippen LogP contribution is -2.47. The Hall–Kier alpha value is -3.07. The molecule has 0 aromatic carbocycles. The summed E-state index contributed by atoms with van der Waals surface area (Å²) in [6.45, 7) is 0. The number of methoxy groups -OCH3 is 1. The van der Waals surface area contributed by atoms with Crippen LogP contribution in [0.5, 0.6) is 5.88 Å². The molecule has 2 N–H and O–H groups in total. The summed E-state index contributed by atoms with van der Waals surface area (Å²) in [5, 5.41) is 18.9. The Kier molecular flexibility index (Phi) is 4.82. The second kappa shape index (κ2) is 7.64. The zero-order valence-corrected chi connectivity index (χ0v) is 17.0. The predicted molar refractivity (Wildman–Crippen MR) is 111 cm³/mol. The molecule has 2 bridgehead atoms. The first kappa shape index (κ1) is 18.9. The van der Waals surface area contributed by atoms with Crippen LogP contribution in [0.15, 0.2) is 30.6 Å². The first-order valence-electron chi connectivity index (χ1n) is 10.2. The van der Waals surface area contributed by atoms with E-state index in [0.29, 0.717) is 35.1 Å². The Morgan fingerprint density at radius 2 is 1.93 bits per heavy atom. The van der Waals surface area contributed by atoms with Gasteiger partial charge in [0.05, 0.1) is 24.6 Å². The van der Waals surface area contributed by atoms with Crippen LogP contribution in [0.2, 0.25) is 0 Å². The van der Waals surface area contributed by atoms with E-state index in [0.717, 1.165) is 18.7 Å². The highest BCUT2D eigenvalue weighted by atomic mass is 19.1. The maximum atomic E-state index is 14.9. The van der Waals surface area contributed by atoms with Crippen molar-refractivity contribution >= 4 is 5.82 Å². The quantitative estimate of drug-likeness (QED) is 0.669. The number of rotatable bonds is 5. The van der Waals surface area contributed by atoms with Gasteiger partial charge in [0.1, 0.15) is 11.5 Å². The number of halogens is 1. The Labute approximate surface area is 173 Å². The Balaban J connectivity index is 1.39. The molecule has 0 aliphatic carbocycles. The average molecular weight is 409 g/mol. The Morgan fingerprint density at radius 1 is 1.13 bits per heavy atom. The van der Waals surface area contributed by atoms with Crippen LogP contribution in [-0.4, -0.2) is 57.7 Å². The topological polar surface area (TPSA) is 91.8 Å². The molecule has 0 amide bonds. The summed E-state index contributed by atoms with van der Waals surface area (Å²) in [7, 11) is 3.53. The zero-order chi connectivity index (χ0) is 20.7. The second-order valence-corrected chi connectivity index (χ2v) is 8.01. The SMILES string of the molecule is COc1nc(-c2ccc(N(C)C3C[C@H]4CC[C@@H](C3)N4)nn2)cc(F)c1-c1cn[nH]c1. The minimum Gasteiger partial charge on any atom is -0.480 e. The smallest absolute Gasteiger partial charge is 0.224 e. The summed E-state index contributed by atoms with van der Waals surface area (Å²) >= 11 is 0. The molecule has 1 unspecified atom stereocenters.